The first kappa shape index (κ1) is 28.1. The zero-order valence-electron chi connectivity index (χ0n) is 21.0. The van der Waals surface area contributed by atoms with Crippen molar-refractivity contribution in [1.29, 1.82) is 0 Å². The van der Waals surface area contributed by atoms with Gasteiger partial charge in [0, 0.05) is 47.2 Å². The van der Waals surface area contributed by atoms with Crippen molar-refractivity contribution in [2.75, 3.05) is 29.9 Å². The molecule has 0 spiro atoms. The molecule has 0 fully saturated rings. The first-order chi connectivity index (χ1) is 17.4. The summed E-state index contributed by atoms with van der Waals surface area (Å²) in [5.74, 6) is -0.485. The van der Waals surface area contributed by atoms with Crippen LogP contribution < -0.4 is 15.4 Å². The van der Waals surface area contributed by atoms with Crippen LogP contribution in [0.15, 0.2) is 30.6 Å². The molecule has 3 aromatic rings. The van der Waals surface area contributed by atoms with Crippen LogP contribution in [0.4, 0.5) is 20.8 Å². The lowest BCUT2D eigenvalue weighted by Crippen LogP contribution is -2.33. The van der Waals surface area contributed by atoms with E-state index in [0.717, 1.165) is 6.26 Å². The van der Waals surface area contributed by atoms with Gasteiger partial charge in [0.2, 0.25) is 16.0 Å². The zero-order chi connectivity index (χ0) is 27.3. The summed E-state index contributed by atoms with van der Waals surface area (Å²) in [6.45, 7) is 6.15. The third-order valence-corrected chi connectivity index (χ3v) is 6.00. The number of nitrogens with one attached hydrogen (secondary N) is 3. The van der Waals surface area contributed by atoms with E-state index in [-0.39, 0.29) is 34.1 Å². The van der Waals surface area contributed by atoms with E-state index in [0.29, 0.717) is 30.2 Å². The SMILES string of the molecule is COC(=O)NC(C)CCNc1nccc(-c2cn(C(C)C)nc2-c2cc(Cl)cc(NS(C)(=O)=O)c2F)n1. The number of rotatable bonds is 10. The van der Waals surface area contributed by atoms with Crippen LogP contribution in [0, 0.1) is 5.82 Å². The van der Waals surface area contributed by atoms with Crippen molar-refractivity contribution in [2.45, 2.75) is 39.3 Å². The van der Waals surface area contributed by atoms with E-state index in [2.05, 4.69) is 35.2 Å². The summed E-state index contributed by atoms with van der Waals surface area (Å²) in [4.78, 5) is 20.1. The second kappa shape index (κ2) is 11.7. The number of anilines is 2. The lowest BCUT2D eigenvalue weighted by Gasteiger charge is -2.13. The molecule has 11 nitrogen and oxygen atoms in total. The number of alkyl carbamates (subject to hydrolysis) is 1. The molecule has 1 aromatic carbocycles. The van der Waals surface area contributed by atoms with Crippen molar-refractivity contribution in [2.24, 2.45) is 0 Å². The largest absolute Gasteiger partial charge is 0.453 e. The van der Waals surface area contributed by atoms with E-state index in [9.17, 15) is 13.2 Å². The lowest BCUT2D eigenvalue weighted by atomic mass is 10.0. The van der Waals surface area contributed by atoms with Crippen LogP contribution in [0.1, 0.15) is 33.2 Å². The zero-order valence-corrected chi connectivity index (χ0v) is 22.6. The smallest absolute Gasteiger partial charge is 0.407 e. The predicted molar refractivity (Wildman–Crippen MR) is 141 cm³/mol. The molecule has 0 saturated carbocycles. The van der Waals surface area contributed by atoms with Crippen molar-refractivity contribution < 1.29 is 22.3 Å². The molecule has 37 heavy (non-hydrogen) atoms. The number of halogens is 2. The highest BCUT2D eigenvalue weighted by atomic mass is 35.5. The first-order valence-electron chi connectivity index (χ1n) is 11.4. The molecule has 0 radical (unpaired) electrons. The molecule has 0 bridgehead atoms. The van der Waals surface area contributed by atoms with Gasteiger partial charge in [-0.15, -0.1) is 0 Å². The number of nitrogens with zero attached hydrogens (tertiary/aromatic N) is 4. The van der Waals surface area contributed by atoms with Crippen molar-refractivity contribution in [1.82, 2.24) is 25.1 Å². The Labute approximate surface area is 219 Å². The Bertz CT molecular complexity index is 1380. The van der Waals surface area contributed by atoms with Crippen molar-refractivity contribution in [3.8, 4) is 22.5 Å². The van der Waals surface area contributed by atoms with Crippen molar-refractivity contribution >= 4 is 39.4 Å². The second-order valence-electron chi connectivity index (χ2n) is 8.67. The summed E-state index contributed by atoms with van der Waals surface area (Å²) < 4.78 is 47.4. The fourth-order valence-electron chi connectivity index (χ4n) is 3.40. The molecule has 14 heteroatoms. The molecule has 3 N–H and O–H groups in total. The molecule has 3 rings (SSSR count). The Morgan fingerprint density at radius 2 is 1.97 bits per heavy atom. The highest BCUT2D eigenvalue weighted by molar-refractivity contribution is 7.92. The van der Waals surface area contributed by atoms with Gasteiger partial charge >= 0.3 is 6.09 Å². The lowest BCUT2D eigenvalue weighted by molar-refractivity contribution is 0.167. The topological polar surface area (TPSA) is 140 Å². The molecule has 1 atom stereocenters. The molecule has 2 aromatic heterocycles. The van der Waals surface area contributed by atoms with Gasteiger partial charge in [-0.25, -0.2) is 27.6 Å². The third-order valence-electron chi connectivity index (χ3n) is 5.19. The number of hydrogen-bond acceptors (Lipinski definition) is 8. The Hall–Kier alpha value is -3.45. The van der Waals surface area contributed by atoms with Gasteiger partial charge in [0.25, 0.3) is 0 Å². The van der Waals surface area contributed by atoms with Gasteiger partial charge in [0.05, 0.1) is 24.7 Å². The van der Waals surface area contributed by atoms with Gasteiger partial charge in [-0.3, -0.25) is 9.40 Å². The van der Waals surface area contributed by atoms with Crippen LogP contribution in [0.5, 0.6) is 0 Å². The number of carbonyl (C=O) groups is 1. The number of methoxy groups -OCH3 is 1. The summed E-state index contributed by atoms with van der Waals surface area (Å²) in [7, 11) is -2.45. The number of carbonyl (C=O) groups excluding carboxylic acids is 1. The third kappa shape index (κ3) is 7.52. The van der Waals surface area contributed by atoms with Crippen LogP contribution in [-0.2, 0) is 14.8 Å². The summed E-state index contributed by atoms with van der Waals surface area (Å²) in [6.07, 6.45) is 4.29. The normalized spacial score (nSPS) is 12.3. The molecule has 0 aliphatic carbocycles. The Morgan fingerprint density at radius 1 is 1.24 bits per heavy atom. The van der Waals surface area contributed by atoms with Crippen molar-refractivity contribution in [3.63, 3.8) is 0 Å². The minimum atomic E-state index is -3.75. The number of benzene rings is 1. The number of aromatic nitrogens is 4. The highest BCUT2D eigenvalue weighted by Crippen LogP contribution is 2.37. The summed E-state index contributed by atoms with van der Waals surface area (Å²) in [6, 6.07) is 4.06. The summed E-state index contributed by atoms with van der Waals surface area (Å²) >= 11 is 6.21. The minimum Gasteiger partial charge on any atom is -0.453 e. The quantitative estimate of drug-likeness (QED) is 0.337. The second-order valence-corrected chi connectivity index (χ2v) is 10.9. The van der Waals surface area contributed by atoms with Gasteiger partial charge in [0.1, 0.15) is 5.69 Å². The van der Waals surface area contributed by atoms with Gasteiger partial charge < -0.3 is 15.4 Å². The molecule has 1 amide bonds. The molecule has 0 aliphatic heterocycles. The van der Waals surface area contributed by atoms with E-state index in [1.807, 2.05) is 20.8 Å². The maximum absolute atomic E-state index is 15.5. The van der Waals surface area contributed by atoms with Gasteiger partial charge in [-0.05, 0) is 45.4 Å². The highest BCUT2D eigenvalue weighted by Gasteiger charge is 2.22. The van der Waals surface area contributed by atoms with Crippen LogP contribution in [0.3, 0.4) is 0 Å². The maximum Gasteiger partial charge on any atom is 0.407 e. The van der Waals surface area contributed by atoms with E-state index in [1.165, 1.54) is 19.2 Å². The van der Waals surface area contributed by atoms with Crippen LogP contribution in [0.2, 0.25) is 5.02 Å². The fourth-order valence-corrected chi connectivity index (χ4v) is 4.17. The fraction of sp³-hybridized carbons (Fsp3) is 0.391. The number of hydrogen-bond donors (Lipinski definition) is 3. The van der Waals surface area contributed by atoms with E-state index in [1.54, 1.807) is 23.1 Å². The minimum absolute atomic E-state index is 0.0175. The molecule has 2 heterocycles. The van der Waals surface area contributed by atoms with Crippen LogP contribution in [-0.4, -0.2) is 60.2 Å². The van der Waals surface area contributed by atoms with Crippen LogP contribution in [0.25, 0.3) is 22.5 Å². The molecule has 200 valence electrons. The average molecular weight is 554 g/mol. The summed E-state index contributed by atoms with van der Waals surface area (Å²) in [5, 5.41) is 10.5. The monoisotopic (exact) mass is 553 g/mol. The standard InChI is InChI=1S/C23H29ClFN7O4S/c1-13(2)32-12-17(18-7-9-27-22(29-18)26-8-6-14(3)28-23(33)36-4)21(30-32)16-10-15(24)11-19(20(16)25)31-37(5,34)35/h7,9-14,31H,6,8H2,1-5H3,(H,28,33)(H,26,27,29). The molecule has 0 aliphatic rings. The van der Waals surface area contributed by atoms with Gasteiger partial charge in [-0.2, -0.15) is 5.10 Å². The molecule has 0 saturated heterocycles. The molecular weight excluding hydrogens is 525 g/mol. The Morgan fingerprint density at radius 3 is 2.62 bits per heavy atom. The first-order valence-corrected chi connectivity index (χ1v) is 13.6. The van der Waals surface area contributed by atoms with E-state index >= 15 is 4.39 Å². The number of amides is 1. The molecule has 1 unspecified atom stereocenters. The van der Waals surface area contributed by atoms with Crippen molar-refractivity contribution in [3.05, 3.63) is 41.4 Å². The Balaban J connectivity index is 1.96. The maximum atomic E-state index is 15.5. The van der Waals surface area contributed by atoms with Crippen LogP contribution >= 0.6 is 11.6 Å². The number of ether oxygens (including phenoxy) is 1. The van der Waals surface area contributed by atoms with E-state index < -0.39 is 21.9 Å². The Kier molecular flexibility index (Phi) is 8.92. The average Bonchev–Trinajstić information content (AvgIpc) is 3.26. The van der Waals surface area contributed by atoms with Gasteiger partial charge in [0.15, 0.2) is 5.82 Å². The molecular formula is C23H29ClFN7O4S. The number of sulfonamides is 1. The van der Waals surface area contributed by atoms with Gasteiger partial charge in [-0.1, -0.05) is 11.6 Å². The summed E-state index contributed by atoms with van der Waals surface area (Å²) in [5.41, 5.74) is 0.952. The van der Waals surface area contributed by atoms with E-state index in [4.69, 9.17) is 11.6 Å². The predicted octanol–water partition coefficient (Wildman–Crippen LogP) is 4.30.